The van der Waals surface area contributed by atoms with E-state index >= 15 is 0 Å². The summed E-state index contributed by atoms with van der Waals surface area (Å²) < 4.78 is 30.4. The Labute approximate surface area is 184 Å². The van der Waals surface area contributed by atoms with Gasteiger partial charge in [0, 0.05) is 24.0 Å². The number of nitrogens with zero attached hydrogens (tertiary/aromatic N) is 3. The fourth-order valence-electron chi connectivity index (χ4n) is 4.21. The Bertz CT molecular complexity index is 1080. The Morgan fingerprint density at radius 2 is 1.91 bits per heavy atom. The first kappa shape index (κ1) is 22.3. The predicted octanol–water partition coefficient (Wildman–Crippen LogP) is 4.07. The van der Waals surface area contributed by atoms with E-state index in [1.807, 2.05) is 18.2 Å². The fourth-order valence-corrected chi connectivity index (χ4v) is 5.70. The summed E-state index contributed by atoms with van der Waals surface area (Å²) in [7, 11) is -2.05. The van der Waals surface area contributed by atoms with Crippen molar-refractivity contribution in [1.29, 1.82) is 0 Å². The van der Waals surface area contributed by atoms with Crippen LogP contribution in [0.2, 0.25) is 0 Å². The standard InChI is InChI=1S/C20H23N3O8P/c1-23(12-15-5-3-2-4-6-15)10-9-16-14-29-32(28,31-20(16)13-23)30-19-8-7-17(21(24)25)11-18(19)22(26)27/h2-8,11,16,20H,9-10,12-14H2,1H3/q+1/t16-,20-,23?,32?/m0/s1. The third kappa shape index (κ3) is 4.81. The Morgan fingerprint density at radius 1 is 1.16 bits per heavy atom. The Hall–Kier alpha value is -2.85. The lowest BCUT2D eigenvalue weighted by atomic mass is 9.92. The molecule has 2 aromatic carbocycles. The molecular formula is C20H23N3O8P+. The van der Waals surface area contributed by atoms with Gasteiger partial charge in [-0.25, -0.2) is 4.57 Å². The van der Waals surface area contributed by atoms with Crippen LogP contribution in [0.5, 0.6) is 5.75 Å². The van der Waals surface area contributed by atoms with E-state index in [-0.39, 0.29) is 12.5 Å². The maximum absolute atomic E-state index is 13.2. The number of nitro benzene ring substituents is 2. The molecule has 32 heavy (non-hydrogen) atoms. The largest absolute Gasteiger partial charge is 0.530 e. The second-order valence-electron chi connectivity index (χ2n) is 8.36. The highest BCUT2D eigenvalue weighted by atomic mass is 31.2. The zero-order valence-corrected chi connectivity index (χ0v) is 18.3. The molecule has 2 saturated heterocycles. The van der Waals surface area contributed by atoms with Gasteiger partial charge in [-0.1, -0.05) is 30.3 Å². The summed E-state index contributed by atoms with van der Waals surface area (Å²) >= 11 is 0. The van der Waals surface area contributed by atoms with Crippen molar-refractivity contribution < 1.29 is 32.5 Å². The molecule has 2 unspecified atom stereocenters. The maximum atomic E-state index is 13.2. The number of phosphoric ester groups is 1. The third-order valence-corrected chi connectivity index (χ3v) is 7.28. The van der Waals surface area contributed by atoms with E-state index in [2.05, 4.69) is 19.2 Å². The van der Waals surface area contributed by atoms with E-state index in [0.717, 1.165) is 37.7 Å². The number of hydrogen-bond donors (Lipinski definition) is 0. The summed E-state index contributed by atoms with van der Waals surface area (Å²) in [5.74, 6) is -0.366. The van der Waals surface area contributed by atoms with Gasteiger partial charge in [-0.2, -0.15) is 0 Å². The summed E-state index contributed by atoms with van der Waals surface area (Å²) in [4.78, 5) is 20.7. The SMILES string of the molecule is C[N+]1(Cc2ccccc2)CC[C@H]2COP(=O)(Oc3ccc([N+](=O)[O-])cc3[N+](=O)[O-])O[C@H]2C1. The number of likely N-dealkylation sites (tertiary alicyclic amines) is 1. The number of quaternary nitrogens is 1. The minimum atomic E-state index is -4.15. The van der Waals surface area contributed by atoms with Crippen LogP contribution in [0.1, 0.15) is 12.0 Å². The van der Waals surface area contributed by atoms with Gasteiger partial charge in [0.1, 0.15) is 19.2 Å². The van der Waals surface area contributed by atoms with Gasteiger partial charge in [0.2, 0.25) is 5.75 Å². The molecule has 0 bridgehead atoms. The lowest BCUT2D eigenvalue weighted by molar-refractivity contribution is -0.931. The lowest BCUT2D eigenvalue weighted by Crippen LogP contribution is -2.57. The predicted molar refractivity (Wildman–Crippen MR) is 113 cm³/mol. The lowest BCUT2D eigenvalue weighted by Gasteiger charge is -2.46. The second-order valence-corrected chi connectivity index (χ2v) is 9.91. The molecule has 12 heteroatoms. The quantitative estimate of drug-likeness (QED) is 0.271. The van der Waals surface area contributed by atoms with Crippen molar-refractivity contribution in [3.63, 3.8) is 0 Å². The number of likely N-dealkylation sites (N-methyl/N-ethyl adjacent to an activating group) is 1. The van der Waals surface area contributed by atoms with Crippen molar-refractivity contribution in [2.24, 2.45) is 5.92 Å². The first-order valence-corrected chi connectivity index (χ1v) is 11.6. The summed E-state index contributed by atoms with van der Waals surface area (Å²) in [5.41, 5.74) is 0.0210. The number of fused-ring (bicyclic) bond motifs is 1. The van der Waals surface area contributed by atoms with E-state index in [1.54, 1.807) is 0 Å². The normalized spacial score (nSPS) is 29.7. The van der Waals surface area contributed by atoms with Gasteiger partial charge >= 0.3 is 13.5 Å². The van der Waals surface area contributed by atoms with Gasteiger partial charge in [-0.15, -0.1) is 0 Å². The van der Waals surface area contributed by atoms with E-state index in [1.165, 1.54) is 5.56 Å². The van der Waals surface area contributed by atoms with Crippen LogP contribution in [0.3, 0.4) is 0 Å². The van der Waals surface area contributed by atoms with Crippen molar-refractivity contribution in [3.8, 4) is 5.75 Å². The monoisotopic (exact) mass is 464 g/mol. The molecule has 0 amide bonds. The second kappa shape index (κ2) is 8.59. The van der Waals surface area contributed by atoms with Gasteiger partial charge in [-0.05, 0) is 6.07 Å². The van der Waals surface area contributed by atoms with E-state index < -0.39 is 40.9 Å². The van der Waals surface area contributed by atoms with E-state index in [0.29, 0.717) is 11.0 Å². The number of rotatable bonds is 6. The van der Waals surface area contributed by atoms with Gasteiger partial charge in [-0.3, -0.25) is 29.3 Å². The highest BCUT2D eigenvalue weighted by Crippen LogP contribution is 2.57. The molecule has 2 aromatic rings. The molecule has 0 N–H and O–H groups in total. The van der Waals surface area contributed by atoms with Crippen molar-refractivity contribution >= 4 is 19.2 Å². The van der Waals surface area contributed by atoms with Gasteiger partial charge in [0.15, 0.2) is 0 Å². The molecule has 0 spiro atoms. The van der Waals surface area contributed by atoms with Crippen LogP contribution in [0.15, 0.2) is 48.5 Å². The molecule has 2 aliphatic rings. The molecular weight excluding hydrogens is 441 g/mol. The van der Waals surface area contributed by atoms with Crippen LogP contribution in [0.4, 0.5) is 11.4 Å². The van der Waals surface area contributed by atoms with Crippen molar-refractivity contribution in [3.05, 3.63) is 74.3 Å². The molecule has 170 valence electrons. The number of nitro groups is 2. The average Bonchev–Trinajstić information content (AvgIpc) is 2.73. The Morgan fingerprint density at radius 3 is 2.59 bits per heavy atom. The fraction of sp³-hybridized carbons (Fsp3) is 0.400. The number of piperidine rings is 1. The molecule has 0 radical (unpaired) electrons. The van der Waals surface area contributed by atoms with Gasteiger partial charge in [0.05, 0.1) is 36.1 Å². The maximum Gasteiger partial charge on any atom is 0.530 e. The number of phosphoric acid groups is 1. The molecule has 11 nitrogen and oxygen atoms in total. The molecule has 0 saturated carbocycles. The molecule has 0 aliphatic carbocycles. The van der Waals surface area contributed by atoms with Gasteiger partial charge in [0.25, 0.3) is 5.69 Å². The first-order chi connectivity index (χ1) is 15.2. The van der Waals surface area contributed by atoms with Gasteiger partial charge < -0.3 is 9.01 Å². The minimum absolute atomic E-state index is 0.0366. The highest BCUT2D eigenvalue weighted by molar-refractivity contribution is 7.49. The van der Waals surface area contributed by atoms with Crippen molar-refractivity contribution in [2.45, 2.75) is 19.1 Å². The molecule has 4 atom stereocenters. The van der Waals surface area contributed by atoms with Crippen LogP contribution in [0, 0.1) is 26.1 Å². The zero-order valence-electron chi connectivity index (χ0n) is 17.4. The van der Waals surface area contributed by atoms with Crippen LogP contribution in [-0.4, -0.2) is 47.2 Å². The molecule has 0 aromatic heterocycles. The van der Waals surface area contributed by atoms with Crippen LogP contribution in [-0.2, 0) is 20.2 Å². The van der Waals surface area contributed by atoms with Crippen LogP contribution in [0.25, 0.3) is 0 Å². The molecule has 2 heterocycles. The Kier molecular flexibility index (Phi) is 6.00. The Balaban J connectivity index is 1.51. The molecule has 4 rings (SSSR count). The summed E-state index contributed by atoms with van der Waals surface area (Å²) in [6.07, 6.45) is 0.403. The number of non-ortho nitro benzene ring substituents is 1. The number of benzene rings is 2. The molecule has 2 aliphatic heterocycles. The summed E-state index contributed by atoms with van der Waals surface area (Å²) in [5, 5.41) is 22.3. The van der Waals surface area contributed by atoms with E-state index in [9.17, 15) is 24.8 Å². The van der Waals surface area contributed by atoms with Crippen molar-refractivity contribution in [1.82, 2.24) is 0 Å². The third-order valence-electron chi connectivity index (χ3n) is 5.86. The van der Waals surface area contributed by atoms with E-state index in [4.69, 9.17) is 13.6 Å². The van der Waals surface area contributed by atoms with Crippen LogP contribution < -0.4 is 4.52 Å². The molecule has 2 fully saturated rings. The average molecular weight is 464 g/mol. The highest BCUT2D eigenvalue weighted by Gasteiger charge is 2.49. The summed E-state index contributed by atoms with van der Waals surface area (Å²) in [6.45, 7) is 2.42. The smallest absolute Gasteiger partial charge is 0.397 e. The number of hydrogen-bond acceptors (Lipinski definition) is 8. The minimum Gasteiger partial charge on any atom is -0.397 e. The van der Waals surface area contributed by atoms with Crippen molar-refractivity contribution in [2.75, 3.05) is 26.7 Å². The zero-order chi connectivity index (χ0) is 22.9. The first-order valence-electron chi connectivity index (χ1n) is 10.1. The topological polar surface area (TPSA) is 131 Å². The summed E-state index contributed by atoms with van der Waals surface area (Å²) in [6, 6.07) is 12.9. The van der Waals surface area contributed by atoms with Crippen LogP contribution >= 0.6 is 7.82 Å².